The lowest BCUT2D eigenvalue weighted by Crippen LogP contribution is -2.37. The number of alkyl carbamates (subject to hydrolysis) is 1. The third-order valence-electron chi connectivity index (χ3n) is 4.29. The molecule has 0 atom stereocenters. The van der Waals surface area contributed by atoms with Crippen molar-refractivity contribution in [1.29, 1.82) is 0 Å². The molecule has 3 N–H and O–H groups in total. The van der Waals surface area contributed by atoms with Crippen molar-refractivity contribution < 1.29 is 27.5 Å². The predicted octanol–water partition coefficient (Wildman–Crippen LogP) is 3.07. The van der Waals surface area contributed by atoms with E-state index in [1.807, 2.05) is 24.3 Å². The summed E-state index contributed by atoms with van der Waals surface area (Å²) in [5, 5.41) is 5.20. The monoisotopic (exact) mass is 477 g/mol. The fraction of sp³-hybridized carbons (Fsp3) is 0.391. The number of carbonyl (C=O) groups is 2. The third-order valence-corrected chi connectivity index (χ3v) is 5.75. The average Bonchev–Trinajstić information content (AvgIpc) is 2.74. The lowest BCUT2D eigenvalue weighted by atomic mass is 10.1. The molecular weight excluding hydrogens is 446 g/mol. The van der Waals surface area contributed by atoms with Gasteiger partial charge in [-0.25, -0.2) is 17.9 Å². The Kier molecular flexibility index (Phi) is 9.24. The zero-order valence-electron chi connectivity index (χ0n) is 19.3. The maximum Gasteiger partial charge on any atom is 0.407 e. The molecule has 33 heavy (non-hydrogen) atoms. The van der Waals surface area contributed by atoms with Crippen LogP contribution in [0.1, 0.15) is 32.8 Å². The number of anilines is 1. The van der Waals surface area contributed by atoms with Gasteiger partial charge in [-0.05, 0) is 63.1 Å². The highest BCUT2D eigenvalue weighted by Gasteiger charge is 2.17. The summed E-state index contributed by atoms with van der Waals surface area (Å²) in [5.41, 5.74) is 0.702. The lowest BCUT2D eigenvalue weighted by molar-refractivity contribution is -0.116. The first-order chi connectivity index (χ1) is 15.5. The maximum atomic E-state index is 12.5. The van der Waals surface area contributed by atoms with Gasteiger partial charge in [-0.2, -0.15) is 0 Å². The topological polar surface area (TPSA) is 123 Å². The molecule has 0 aliphatic rings. The minimum atomic E-state index is -3.82. The van der Waals surface area contributed by atoms with Crippen LogP contribution >= 0.6 is 0 Å². The van der Waals surface area contributed by atoms with E-state index in [1.165, 1.54) is 12.1 Å². The first-order valence-corrected chi connectivity index (χ1v) is 12.0. The summed E-state index contributed by atoms with van der Waals surface area (Å²) in [7, 11) is -2.24. The molecule has 2 aromatic rings. The smallest absolute Gasteiger partial charge is 0.407 e. The van der Waals surface area contributed by atoms with Gasteiger partial charge >= 0.3 is 6.09 Å². The van der Waals surface area contributed by atoms with Crippen molar-refractivity contribution in [2.45, 2.75) is 44.1 Å². The van der Waals surface area contributed by atoms with E-state index in [4.69, 9.17) is 9.47 Å². The van der Waals surface area contributed by atoms with Gasteiger partial charge < -0.3 is 20.1 Å². The van der Waals surface area contributed by atoms with Gasteiger partial charge in [0.15, 0.2) is 0 Å². The van der Waals surface area contributed by atoms with E-state index in [0.29, 0.717) is 12.1 Å². The fourth-order valence-electron chi connectivity index (χ4n) is 2.80. The summed E-state index contributed by atoms with van der Waals surface area (Å²) in [4.78, 5) is 23.9. The number of methoxy groups -OCH3 is 1. The number of hydrogen-bond donors (Lipinski definition) is 3. The van der Waals surface area contributed by atoms with Crippen LogP contribution in [0.5, 0.6) is 5.75 Å². The van der Waals surface area contributed by atoms with Gasteiger partial charge in [0.05, 0.1) is 12.0 Å². The quantitative estimate of drug-likeness (QED) is 0.452. The predicted molar refractivity (Wildman–Crippen MR) is 126 cm³/mol. The summed E-state index contributed by atoms with van der Waals surface area (Å²) in [5.74, 6) is 0.487. The Hall–Kier alpha value is -3.11. The van der Waals surface area contributed by atoms with E-state index < -0.39 is 21.7 Å². The zero-order valence-corrected chi connectivity index (χ0v) is 20.1. The van der Waals surface area contributed by atoms with Crippen molar-refractivity contribution in [1.82, 2.24) is 10.0 Å². The Labute approximate surface area is 194 Å². The summed E-state index contributed by atoms with van der Waals surface area (Å²) in [6.07, 6.45) is 0.131. The van der Waals surface area contributed by atoms with Gasteiger partial charge in [-0.3, -0.25) is 4.79 Å². The highest BCUT2D eigenvalue weighted by Crippen LogP contribution is 2.17. The average molecular weight is 478 g/mol. The Balaban J connectivity index is 1.86. The molecule has 2 aromatic carbocycles. The molecule has 0 saturated carbocycles. The molecule has 0 heterocycles. The van der Waals surface area contributed by atoms with Crippen molar-refractivity contribution in [3.05, 3.63) is 54.1 Å². The molecule has 0 fully saturated rings. The van der Waals surface area contributed by atoms with E-state index >= 15 is 0 Å². The largest absolute Gasteiger partial charge is 0.497 e. The minimum Gasteiger partial charge on any atom is -0.497 e. The molecule has 0 radical (unpaired) electrons. The van der Waals surface area contributed by atoms with E-state index in [-0.39, 0.29) is 30.3 Å². The molecule has 10 heteroatoms. The number of carbonyl (C=O) groups excluding carboxylic acids is 2. The van der Waals surface area contributed by atoms with Crippen LogP contribution in [0.25, 0.3) is 0 Å². The number of hydrogen-bond acceptors (Lipinski definition) is 6. The Bertz CT molecular complexity index is 1060. The van der Waals surface area contributed by atoms with E-state index in [9.17, 15) is 18.0 Å². The van der Waals surface area contributed by atoms with Crippen LogP contribution in [0, 0.1) is 0 Å². The van der Waals surface area contributed by atoms with E-state index in [1.54, 1.807) is 40.0 Å². The molecule has 2 rings (SSSR count). The molecule has 9 nitrogen and oxygen atoms in total. The van der Waals surface area contributed by atoms with Gasteiger partial charge in [0.25, 0.3) is 0 Å². The van der Waals surface area contributed by atoms with Crippen molar-refractivity contribution in [2.24, 2.45) is 0 Å². The number of ether oxygens (including phenoxy) is 2. The van der Waals surface area contributed by atoms with Crippen LogP contribution in [0.2, 0.25) is 0 Å². The summed E-state index contributed by atoms with van der Waals surface area (Å²) < 4.78 is 37.8. The SMILES string of the molecule is COc1cccc(CCC(=O)Nc2cccc(S(=O)(=O)NCCNC(=O)OC(C)(C)C)c2)c1. The molecule has 0 aliphatic carbocycles. The number of rotatable bonds is 10. The molecular formula is C23H31N3O6S. The molecule has 0 aromatic heterocycles. The van der Waals surface area contributed by atoms with Crippen LogP contribution in [0.3, 0.4) is 0 Å². The Morgan fingerprint density at radius 1 is 1.00 bits per heavy atom. The van der Waals surface area contributed by atoms with Gasteiger partial charge in [0, 0.05) is 25.2 Å². The van der Waals surface area contributed by atoms with Crippen LogP contribution in [-0.4, -0.2) is 46.2 Å². The lowest BCUT2D eigenvalue weighted by Gasteiger charge is -2.19. The third kappa shape index (κ3) is 9.50. The van der Waals surface area contributed by atoms with E-state index in [2.05, 4.69) is 15.4 Å². The summed E-state index contributed by atoms with van der Waals surface area (Å²) in [6, 6.07) is 13.4. The highest BCUT2D eigenvalue weighted by atomic mass is 32.2. The maximum absolute atomic E-state index is 12.5. The van der Waals surface area contributed by atoms with Gasteiger partial charge in [-0.1, -0.05) is 18.2 Å². The zero-order chi connectivity index (χ0) is 24.5. The van der Waals surface area contributed by atoms with Crippen LogP contribution in [0.4, 0.5) is 10.5 Å². The first-order valence-electron chi connectivity index (χ1n) is 10.5. The number of nitrogens with one attached hydrogen (secondary N) is 3. The molecule has 0 aliphatic heterocycles. The molecule has 2 amide bonds. The fourth-order valence-corrected chi connectivity index (χ4v) is 3.88. The molecule has 0 spiro atoms. The van der Waals surface area contributed by atoms with Crippen molar-refractivity contribution >= 4 is 27.7 Å². The Morgan fingerprint density at radius 2 is 1.73 bits per heavy atom. The number of aryl methyl sites for hydroxylation is 1. The second-order valence-corrected chi connectivity index (χ2v) is 10.0. The first kappa shape index (κ1) is 26.1. The molecule has 0 saturated heterocycles. The van der Waals surface area contributed by atoms with Crippen LogP contribution in [0.15, 0.2) is 53.4 Å². The number of sulfonamides is 1. The normalized spacial score (nSPS) is 11.5. The van der Waals surface area contributed by atoms with E-state index in [0.717, 1.165) is 11.3 Å². The van der Waals surface area contributed by atoms with Crippen LogP contribution < -0.4 is 20.1 Å². The highest BCUT2D eigenvalue weighted by molar-refractivity contribution is 7.89. The summed E-state index contributed by atoms with van der Waals surface area (Å²) >= 11 is 0. The summed E-state index contributed by atoms with van der Waals surface area (Å²) in [6.45, 7) is 5.26. The van der Waals surface area contributed by atoms with Crippen LogP contribution in [-0.2, 0) is 26.0 Å². The van der Waals surface area contributed by atoms with Crippen molar-refractivity contribution in [3.8, 4) is 5.75 Å². The minimum absolute atomic E-state index is 0.00497. The molecule has 180 valence electrons. The molecule has 0 bridgehead atoms. The number of benzene rings is 2. The van der Waals surface area contributed by atoms with Gasteiger partial charge in [0.1, 0.15) is 11.4 Å². The Morgan fingerprint density at radius 3 is 2.42 bits per heavy atom. The second kappa shape index (κ2) is 11.7. The second-order valence-electron chi connectivity index (χ2n) is 8.25. The van der Waals surface area contributed by atoms with Crippen molar-refractivity contribution in [2.75, 3.05) is 25.5 Å². The number of amides is 2. The molecule has 0 unspecified atom stereocenters. The standard InChI is InChI=1S/C23H31N3O6S/c1-23(2,3)32-22(28)24-13-14-25-33(29,30)20-10-6-8-18(16-20)26-21(27)12-11-17-7-5-9-19(15-17)31-4/h5-10,15-16,25H,11-14H2,1-4H3,(H,24,28)(H,26,27). The van der Waals surface area contributed by atoms with Gasteiger partial charge in [0.2, 0.25) is 15.9 Å². The van der Waals surface area contributed by atoms with Crippen molar-refractivity contribution in [3.63, 3.8) is 0 Å². The van der Waals surface area contributed by atoms with Gasteiger partial charge in [-0.15, -0.1) is 0 Å².